The number of rotatable bonds is 7. The Hall–Kier alpha value is -4.26. The zero-order chi connectivity index (χ0) is 21.5. The number of anilines is 1. The van der Waals surface area contributed by atoms with Gasteiger partial charge in [-0.15, -0.1) is 0 Å². The van der Waals surface area contributed by atoms with E-state index in [9.17, 15) is 9.18 Å². The van der Waals surface area contributed by atoms with E-state index in [0.29, 0.717) is 17.0 Å². The molecule has 0 atom stereocenters. The minimum atomic E-state index is -0.302. The van der Waals surface area contributed by atoms with Gasteiger partial charge in [0, 0.05) is 17.2 Å². The molecule has 4 rings (SSSR count). The fourth-order valence-corrected chi connectivity index (χ4v) is 2.90. The van der Waals surface area contributed by atoms with Crippen molar-refractivity contribution in [3.63, 3.8) is 0 Å². The molecule has 0 unspecified atom stereocenters. The summed E-state index contributed by atoms with van der Waals surface area (Å²) in [5, 5.41) is 4.14. The van der Waals surface area contributed by atoms with E-state index in [4.69, 9.17) is 4.74 Å². The van der Waals surface area contributed by atoms with Crippen molar-refractivity contribution in [2.75, 3.05) is 5.43 Å². The number of nitrogens with one attached hydrogen (secondary N) is 2. The zero-order valence-electron chi connectivity index (χ0n) is 16.5. The van der Waals surface area contributed by atoms with Gasteiger partial charge in [0.25, 0.3) is 5.56 Å². The molecule has 0 spiro atoms. The average Bonchev–Trinajstić information content (AvgIpc) is 2.79. The first-order valence-corrected chi connectivity index (χ1v) is 9.59. The molecule has 0 radical (unpaired) electrons. The van der Waals surface area contributed by atoms with Crippen LogP contribution in [-0.2, 0) is 6.61 Å². The Balaban J connectivity index is 1.43. The predicted molar refractivity (Wildman–Crippen MR) is 119 cm³/mol. The van der Waals surface area contributed by atoms with Crippen molar-refractivity contribution >= 4 is 12.2 Å². The van der Waals surface area contributed by atoms with E-state index in [1.165, 1.54) is 12.1 Å². The van der Waals surface area contributed by atoms with Crippen molar-refractivity contribution in [2.45, 2.75) is 6.61 Å². The van der Waals surface area contributed by atoms with Gasteiger partial charge >= 0.3 is 0 Å². The Kier molecular flexibility index (Phi) is 6.13. The van der Waals surface area contributed by atoms with E-state index in [0.717, 1.165) is 11.1 Å². The average molecular weight is 414 g/mol. The third kappa shape index (κ3) is 5.42. The summed E-state index contributed by atoms with van der Waals surface area (Å²) in [6.45, 7) is 0.128. The molecule has 0 aliphatic carbocycles. The summed E-state index contributed by atoms with van der Waals surface area (Å²) in [6, 6.07) is 24.6. The molecule has 0 saturated heterocycles. The lowest BCUT2D eigenvalue weighted by Gasteiger charge is -2.07. The number of aromatic nitrogens is 2. The molecule has 31 heavy (non-hydrogen) atoms. The summed E-state index contributed by atoms with van der Waals surface area (Å²) in [7, 11) is 0. The SMILES string of the molecule is O=c1cc(-c2ccccc2)nc(N/N=C/c2cccc(OCc3ccccc3F)c2)[nH]1. The Labute approximate surface area is 178 Å². The van der Waals surface area contributed by atoms with Crippen LogP contribution in [0.25, 0.3) is 11.3 Å². The van der Waals surface area contributed by atoms with Crippen molar-refractivity contribution < 1.29 is 9.13 Å². The van der Waals surface area contributed by atoms with E-state index in [1.54, 1.807) is 36.5 Å². The van der Waals surface area contributed by atoms with Gasteiger partial charge in [0.05, 0.1) is 11.9 Å². The van der Waals surface area contributed by atoms with Crippen molar-refractivity contribution in [3.05, 3.63) is 112 Å². The summed E-state index contributed by atoms with van der Waals surface area (Å²) >= 11 is 0. The predicted octanol–water partition coefficient (Wildman–Crippen LogP) is 4.60. The molecule has 154 valence electrons. The van der Waals surface area contributed by atoms with E-state index in [2.05, 4.69) is 20.5 Å². The molecule has 0 aliphatic heterocycles. The number of hydrogen-bond acceptors (Lipinski definition) is 5. The number of hydrogen-bond donors (Lipinski definition) is 2. The first-order chi connectivity index (χ1) is 15.2. The number of H-pyrrole nitrogens is 1. The Morgan fingerprint density at radius 2 is 1.81 bits per heavy atom. The molecule has 4 aromatic rings. The second-order valence-electron chi connectivity index (χ2n) is 6.67. The molecule has 3 aromatic carbocycles. The molecular formula is C24H19FN4O2. The minimum Gasteiger partial charge on any atom is -0.489 e. The smallest absolute Gasteiger partial charge is 0.252 e. The van der Waals surface area contributed by atoms with Gasteiger partial charge in [-0.3, -0.25) is 9.78 Å². The van der Waals surface area contributed by atoms with Gasteiger partial charge in [0.1, 0.15) is 18.2 Å². The minimum absolute atomic E-state index is 0.128. The number of nitrogens with zero attached hydrogens (tertiary/aromatic N) is 2. The normalized spacial score (nSPS) is 10.9. The Bertz CT molecular complexity index is 1260. The maximum atomic E-state index is 13.7. The van der Waals surface area contributed by atoms with Crippen LogP contribution in [0.2, 0.25) is 0 Å². The molecule has 0 amide bonds. The van der Waals surface area contributed by atoms with Gasteiger partial charge in [0.15, 0.2) is 0 Å². The van der Waals surface area contributed by atoms with Crippen LogP contribution in [0.5, 0.6) is 5.75 Å². The van der Waals surface area contributed by atoms with Gasteiger partial charge in [0.2, 0.25) is 5.95 Å². The number of halogens is 1. The molecule has 0 fully saturated rings. The van der Waals surface area contributed by atoms with E-state index < -0.39 is 0 Å². The summed E-state index contributed by atoms with van der Waals surface area (Å²) < 4.78 is 19.4. The van der Waals surface area contributed by atoms with Gasteiger partial charge in [-0.1, -0.05) is 60.7 Å². The summed E-state index contributed by atoms with van der Waals surface area (Å²) in [5.41, 5.74) is 5.09. The van der Waals surface area contributed by atoms with Crippen LogP contribution < -0.4 is 15.7 Å². The standard InChI is InChI=1S/C24H19FN4O2/c25-21-12-5-4-10-19(21)16-31-20-11-6-7-17(13-20)15-26-29-24-27-22(14-23(30)28-24)18-8-2-1-3-9-18/h1-15H,16H2,(H2,27,28,29,30)/b26-15+. The molecule has 6 nitrogen and oxygen atoms in total. The molecular weight excluding hydrogens is 395 g/mol. The molecule has 1 aromatic heterocycles. The van der Waals surface area contributed by atoms with Gasteiger partial charge < -0.3 is 4.74 Å². The highest BCUT2D eigenvalue weighted by molar-refractivity contribution is 5.80. The number of aromatic amines is 1. The summed E-state index contributed by atoms with van der Waals surface area (Å²) in [5.74, 6) is 0.517. The zero-order valence-corrected chi connectivity index (χ0v) is 16.5. The summed E-state index contributed by atoms with van der Waals surface area (Å²) in [6.07, 6.45) is 1.57. The largest absolute Gasteiger partial charge is 0.489 e. The lowest BCUT2D eigenvalue weighted by Crippen LogP contribution is -2.10. The van der Waals surface area contributed by atoms with Crippen LogP contribution in [0.4, 0.5) is 10.3 Å². The third-order valence-electron chi connectivity index (χ3n) is 4.41. The first kappa shape index (κ1) is 20.0. The molecule has 0 aliphatic rings. The lowest BCUT2D eigenvalue weighted by atomic mass is 10.1. The fraction of sp³-hybridized carbons (Fsp3) is 0.0417. The number of benzene rings is 3. The van der Waals surface area contributed by atoms with Gasteiger partial charge in [-0.2, -0.15) is 5.10 Å². The van der Waals surface area contributed by atoms with Crippen LogP contribution in [0.1, 0.15) is 11.1 Å². The van der Waals surface area contributed by atoms with Gasteiger partial charge in [-0.05, 0) is 23.8 Å². The summed E-state index contributed by atoms with van der Waals surface area (Å²) in [4.78, 5) is 18.9. The second kappa shape index (κ2) is 9.49. The van der Waals surface area contributed by atoms with Crippen LogP contribution >= 0.6 is 0 Å². The first-order valence-electron chi connectivity index (χ1n) is 9.59. The Morgan fingerprint density at radius 1 is 1.00 bits per heavy atom. The van der Waals surface area contributed by atoms with Crippen LogP contribution in [0.15, 0.2) is 94.8 Å². The maximum Gasteiger partial charge on any atom is 0.252 e. The van der Waals surface area contributed by atoms with E-state index >= 15 is 0 Å². The van der Waals surface area contributed by atoms with Crippen molar-refractivity contribution in [3.8, 4) is 17.0 Å². The lowest BCUT2D eigenvalue weighted by molar-refractivity contribution is 0.300. The van der Waals surface area contributed by atoms with Crippen molar-refractivity contribution in [1.29, 1.82) is 0 Å². The molecule has 2 N–H and O–H groups in total. The van der Waals surface area contributed by atoms with Crippen LogP contribution in [0, 0.1) is 5.82 Å². The molecule has 1 heterocycles. The van der Waals surface area contributed by atoms with Crippen molar-refractivity contribution in [1.82, 2.24) is 9.97 Å². The fourth-order valence-electron chi connectivity index (χ4n) is 2.90. The molecule has 7 heteroatoms. The molecule has 0 bridgehead atoms. The van der Waals surface area contributed by atoms with Crippen LogP contribution in [0.3, 0.4) is 0 Å². The van der Waals surface area contributed by atoms with Gasteiger partial charge in [-0.25, -0.2) is 14.8 Å². The number of ether oxygens (including phenoxy) is 1. The van der Waals surface area contributed by atoms with Crippen molar-refractivity contribution in [2.24, 2.45) is 5.10 Å². The maximum absolute atomic E-state index is 13.7. The highest BCUT2D eigenvalue weighted by Crippen LogP contribution is 2.17. The third-order valence-corrected chi connectivity index (χ3v) is 4.41. The highest BCUT2D eigenvalue weighted by Gasteiger charge is 2.04. The van der Waals surface area contributed by atoms with E-state index in [-0.39, 0.29) is 23.9 Å². The van der Waals surface area contributed by atoms with Crippen LogP contribution in [-0.4, -0.2) is 16.2 Å². The van der Waals surface area contributed by atoms with E-state index in [1.807, 2.05) is 42.5 Å². The molecule has 0 saturated carbocycles. The number of hydrazone groups is 1. The topological polar surface area (TPSA) is 79.4 Å². The second-order valence-corrected chi connectivity index (χ2v) is 6.67. The highest BCUT2D eigenvalue weighted by atomic mass is 19.1. The quantitative estimate of drug-likeness (QED) is 0.342. The Morgan fingerprint density at radius 3 is 2.65 bits per heavy atom. The monoisotopic (exact) mass is 414 g/mol.